The molecular weight excluding hydrogens is 806 g/mol. The van der Waals surface area contributed by atoms with Crippen molar-refractivity contribution in [1.82, 2.24) is 0 Å². The summed E-state index contributed by atoms with van der Waals surface area (Å²) in [4.78, 5) is 53.8. The second kappa shape index (κ2) is 32.1. The van der Waals surface area contributed by atoms with Gasteiger partial charge in [-0.05, 0) is 25.0 Å². The Morgan fingerprint density at radius 2 is 0.912 bits per heavy atom. The molecule has 1 aliphatic rings. The molecule has 0 spiro atoms. The van der Waals surface area contributed by atoms with Gasteiger partial charge in [-0.3, -0.25) is 23.2 Å². The second-order valence-corrected chi connectivity index (χ2v) is 18.2. The molecule has 338 valence electrons. The van der Waals surface area contributed by atoms with Gasteiger partial charge < -0.3 is 44.6 Å². The third-order valence-corrected chi connectivity index (χ3v) is 11.8. The normalized spacial score (nSPS) is 22.9. The van der Waals surface area contributed by atoms with Crippen LogP contribution in [-0.2, 0) is 41.8 Å². The number of ether oxygens (including phenoxy) is 2. The number of aliphatic hydroxyl groups excluding tert-OH is 4. The number of phosphoric ester groups is 2. The van der Waals surface area contributed by atoms with E-state index in [9.17, 15) is 44.0 Å². The Morgan fingerprint density at radius 3 is 1.32 bits per heavy atom. The molecule has 0 aliphatic heterocycles. The highest BCUT2D eigenvalue weighted by molar-refractivity contribution is 7.80. The number of hydrogen-bond acceptors (Lipinski definition) is 14. The zero-order valence-corrected chi connectivity index (χ0v) is 36.7. The molecule has 0 amide bonds. The lowest BCUT2D eigenvalue weighted by atomic mass is 9.85. The van der Waals surface area contributed by atoms with Crippen LogP contribution in [0.4, 0.5) is 0 Å². The molecule has 16 nitrogen and oxygen atoms in total. The van der Waals surface area contributed by atoms with Crippen LogP contribution in [0.15, 0.2) is 0 Å². The number of aliphatic hydroxyl groups is 4. The summed E-state index contributed by atoms with van der Waals surface area (Å²) in [7, 11) is -10.6. The summed E-state index contributed by atoms with van der Waals surface area (Å²) in [6.07, 6.45) is 10.7. The minimum atomic E-state index is -5.30. The molecule has 1 fully saturated rings. The van der Waals surface area contributed by atoms with E-state index in [4.69, 9.17) is 28.3 Å². The maximum atomic E-state index is 12.9. The van der Waals surface area contributed by atoms with Crippen LogP contribution in [-0.4, -0.2) is 109 Å². The van der Waals surface area contributed by atoms with Crippen molar-refractivity contribution >= 4 is 40.2 Å². The lowest BCUT2D eigenvalue weighted by Gasteiger charge is -2.43. The molecule has 0 aromatic rings. The SMILES string of the molecule is CCCCCCCCCCCCCCCC(=O)O[C@H](COC(=O)CCCCCCCCCCCCS)COP(=O)(O)OC1C(O)[C@H](O)C(OP(=O)(O)O)[C@H](O)[C@@H]1O. The van der Waals surface area contributed by atoms with Gasteiger partial charge in [-0.25, -0.2) is 9.13 Å². The average Bonchev–Trinajstić information content (AvgIpc) is 3.16. The number of carbonyl (C=O) groups excluding carboxylic acids is 2. The van der Waals surface area contributed by atoms with E-state index < -0.39 is 83.5 Å². The minimum Gasteiger partial charge on any atom is -0.462 e. The van der Waals surface area contributed by atoms with E-state index in [2.05, 4.69) is 24.1 Å². The Labute approximate surface area is 345 Å². The predicted octanol–water partition coefficient (Wildman–Crippen LogP) is 6.58. The fourth-order valence-electron chi connectivity index (χ4n) is 6.65. The van der Waals surface area contributed by atoms with E-state index in [1.54, 1.807) is 0 Å². The highest BCUT2D eigenvalue weighted by atomic mass is 32.1. The van der Waals surface area contributed by atoms with Gasteiger partial charge in [0.25, 0.3) is 0 Å². The molecule has 0 heterocycles. The molecule has 0 aromatic heterocycles. The molecule has 1 rings (SSSR count). The van der Waals surface area contributed by atoms with Crippen LogP contribution in [0, 0.1) is 0 Å². The highest BCUT2D eigenvalue weighted by Gasteiger charge is 2.54. The fourth-order valence-corrected chi connectivity index (χ4v) is 8.42. The summed E-state index contributed by atoms with van der Waals surface area (Å²) >= 11 is 4.23. The number of esters is 2. The number of unbranched alkanes of at least 4 members (excludes halogenated alkanes) is 21. The van der Waals surface area contributed by atoms with E-state index in [-0.39, 0.29) is 12.8 Å². The van der Waals surface area contributed by atoms with Crippen LogP contribution in [0.1, 0.15) is 167 Å². The van der Waals surface area contributed by atoms with E-state index >= 15 is 0 Å². The molecule has 0 saturated heterocycles. The third kappa shape index (κ3) is 27.0. The average molecular weight is 881 g/mol. The van der Waals surface area contributed by atoms with Crippen LogP contribution in [0.5, 0.6) is 0 Å². The maximum Gasteiger partial charge on any atom is 0.472 e. The van der Waals surface area contributed by atoms with E-state index in [1.165, 1.54) is 77.0 Å². The summed E-state index contributed by atoms with van der Waals surface area (Å²) < 4.78 is 48.9. The standard InChI is InChI=1S/C38H74O16P2S/c1-2-3-4-5-6-7-8-9-10-14-17-20-23-26-32(40)52-30(28-50-31(39)25-22-19-16-13-11-12-15-18-21-24-27-57)29-51-56(48,49)54-38-35(43)33(41)37(34(42)36(38)44)53-55(45,46)47/h30,33-38,41-44,57H,2-29H2,1H3,(H,48,49)(H2,45,46,47)/t30-,33-,34+,35+,36?,37?,38?/m1/s1. The zero-order valence-electron chi connectivity index (χ0n) is 34.0. The Morgan fingerprint density at radius 1 is 0.544 bits per heavy atom. The van der Waals surface area contributed by atoms with Gasteiger partial charge in [-0.2, -0.15) is 12.6 Å². The van der Waals surface area contributed by atoms with Crippen molar-refractivity contribution < 1.29 is 76.9 Å². The van der Waals surface area contributed by atoms with Gasteiger partial charge in [0.1, 0.15) is 43.2 Å². The molecule has 0 aromatic carbocycles. The minimum absolute atomic E-state index is 0.0548. The molecule has 8 atom stereocenters. The Balaban J connectivity index is 2.62. The van der Waals surface area contributed by atoms with Crippen LogP contribution < -0.4 is 0 Å². The van der Waals surface area contributed by atoms with Gasteiger partial charge in [-0.1, -0.05) is 135 Å². The van der Waals surface area contributed by atoms with Crippen LogP contribution in [0.2, 0.25) is 0 Å². The monoisotopic (exact) mass is 880 g/mol. The van der Waals surface area contributed by atoms with Crippen molar-refractivity contribution in [2.24, 2.45) is 0 Å². The predicted molar refractivity (Wildman–Crippen MR) is 217 cm³/mol. The van der Waals surface area contributed by atoms with Crippen molar-refractivity contribution in [3.63, 3.8) is 0 Å². The first-order chi connectivity index (χ1) is 27.1. The number of hydrogen-bond donors (Lipinski definition) is 8. The van der Waals surface area contributed by atoms with E-state index in [1.807, 2.05) is 0 Å². The van der Waals surface area contributed by atoms with Gasteiger partial charge >= 0.3 is 27.6 Å². The van der Waals surface area contributed by atoms with Crippen molar-refractivity contribution in [2.45, 2.75) is 210 Å². The largest absolute Gasteiger partial charge is 0.472 e. The van der Waals surface area contributed by atoms with E-state index in [0.717, 1.165) is 63.5 Å². The molecule has 57 heavy (non-hydrogen) atoms. The van der Waals surface area contributed by atoms with Gasteiger partial charge in [-0.15, -0.1) is 0 Å². The first-order valence-corrected chi connectivity index (χ1v) is 24.9. The lowest BCUT2D eigenvalue weighted by molar-refractivity contribution is -0.216. The van der Waals surface area contributed by atoms with Crippen LogP contribution in [0.3, 0.4) is 0 Å². The number of rotatable bonds is 36. The number of carbonyl (C=O) groups is 2. The first-order valence-electron chi connectivity index (χ1n) is 21.2. The molecule has 0 bridgehead atoms. The molecule has 0 radical (unpaired) electrons. The molecule has 1 saturated carbocycles. The Bertz CT molecular complexity index is 1130. The van der Waals surface area contributed by atoms with Gasteiger partial charge in [0.15, 0.2) is 6.10 Å². The van der Waals surface area contributed by atoms with Crippen LogP contribution in [0.25, 0.3) is 0 Å². The van der Waals surface area contributed by atoms with Gasteiger partial charge in [0, 0.05) is 12.8 Å². The molecular formula is C38H74O16P2S. The first kappa shape index (κ1) is 54.4. The Hall–Kier alpha value is -0.650. The van der Waals surface area contributed by atoms with Crippen molar-refractivity contribution in [3.05, 3.63) is 0 Å². The van der Waals surface area contributed by atoms with Gasteiger partial charge in [0.2, 0.25) is 0 Å². The topological polar surface area (TPSA) is 256 Å². The van der Waals surface area contributed by atoms with Crippen molar-refractivity contribution in [3.8, 4) is 0 Å². The summed E-state index contributed by atoms with van der Waals surface area (Å²) in [5, 5.41) is 41.3. The van der Waals surface area contributed by atoms with Crippen molar-refractivity contribution in [1.29, 1.82) is 0 Å². The highest BCUT2D eigenvalue weighted by Crippen LogP contribution is 2.48. The summed E-state index contributed by atoms with van der Waals surface area (Å²) in [5.74, 6) is -0.272. The summed E-state index contributed by atoms with van der Waals surface area (Å²) in [6.45, 7) is 0.903. The zero-order chi connectivity index (χ0) is 42.5. The number of phosphoric acid groups is 2. The second-order valence-electron chi connectivity index (χ2n) is 15.2. The number of thiol groups is 1. The molecule has 4 unspecified atom stereocenters. The lowest BCUT2D eigenvalue weighted by Crippen LogP contribution is -2.64. The smallest absolute Gasteiger partial charge is 0.462 e. The fraction of sp³-hybridized carbons (Fsp3) is 0.947. The summed E-state index contributed by atoms with van der Waals surface area (Å²) in [6, 6.07) is 0. The third-order valence-electron chi connectivity index (χ3n) is 9.99. The maximum absolute atomic E-state index is 12.9. The molecule has 19 heteroatoms. The van der Waals surface area contributed by atoms with Crippen LogP contribution >= 0.6 is 28.3 Å². The molecule has 7 N–H and O–H groups in total. The van der Waals surface area contributed by atoms with Crippen molar-refractivity contribution in [2.75, 3.05) is 19.0 Å². The van der Waals surface area contributed by atoms with Gasteiger partial charge in [0.05, 0.1) is 6.61 Å². The quantitative estimate of drug-likeness (QED) is 0.0143. The Kier molecular flexibility index (Phi) is 30.6. The summed E-state index contributed by atoms with van der Waals surface area (Å²) in [5.41, 5.74) is 0. The van der Waals surface area contributed by atoms with E-state index in [0.29, 0.717) is 12.8 Å². The molecule has 1 aliphatic carbocycles.